The highest BCUT2D eigenvalue weighted by molar-refractivity contribution is 5.79. The maximum atomic E-state index is 12.1. The average Bonchev–Trinajstić information content (AvgIpc) is 2.80. The van der Waals surface area contributed by atoms with Gasteiger partial charge in [-0.3, -0.25) is 4.79 Å². The van der Waals surface area contributed by atoms with Gasteiger partial charge in [0.2, 0.25) is 5.91 Å². The van der Waals surface area contributed by atoms with Crippen LogP contribution in [-0.4, -0.2) is 51.6 Å². The van der Waals surface area contributed by atoms with Crippen LogP contribution in [0.4, 0.5) is 0 Å². The summed E-state index contributed by atoms with van der Waals surface area (Å²) >= 11 is 0. The quantitative estimate of drug-likeness (QED) is 0.824. The maximum Gasteiger partial charge on any atom is 0.223 e. The zero-order valence-electron chi connectivity index (χ0n) is 12.7. The summed E-state index contributed by atoms with van der Waals surface area (Å²) in [6.07, 6.45) is 1.71. The van der Waals surface area contributed by atoms with Gasteiger partial charge in [0.15, 0.2) is 0 Å². The fourth-order valence-corrected chi connectivity index (χ4v) is 2.71. The molecule has 0 unspecified atom stereocenters. The number of nitrogens with zero attached hydrogens (tertiary/aromatic N) is 1. The zero-order chi connectivity index (χ0) is 14.5. The van der Waals surface area contributed by atoms with Crippen molar-refractivity contribution in [2.24, 2.45) is 0 Å². The molecule has 0 saturated carbocycles. The lowest BCUT2D eigenvalue weighted by Gasteiger charge is -2.17. The first kappa shape index (κ1) is 14.9. The summed E-state index contributed by atoms with van der Waals surface area (Å²) in [5.41, 5.74) is 1.24. The topological polar surface area (TPSA) is 34.0 Å². The van der Waals surface area contributed by atoms with Gasteiger partial charge in [-0.25, -0.2) is 0 Å². The molecule has 1 saturated heterocycles. The standard InChI is InChI=1S/C16H24N2O2/c1-17(2)9-4-10-18-12-14(11-16(18)19)13-5-7-15(20-3)8-6-13/h5-8,14H,4,9-12H2,1-3H3/p+1/t14-/m1/s1. The van der Waals surface area contributed by atoms with Gasteiger partial charge in [-0.2, -0.15) is 0 Å². The Hall–Kier alpha value is -1.55. The van der Waals surface area contributed by atoms with Gasteiger partial charge in [-0.1, -0.05) is 12.1 Å². The highest BCUT2D eigenvalue weighted by atomic mass is 16.5. The molecular weight excluding hydrogens is 252 g/mol. The van der Waals surface area contributed by atoms with Gasteiger partial charge in [0, 0.05) is 31.8 Å². The lowest BCUT2D eigenvalue weighted by Crippen LogP contribution is -3.05. The van der Waals surface area contributed by atoms with Gasteiger partial charge in [-0.15, -0.1) is 0 Å². The number of ether oxygens (including phenoxy) is 1. The molecule has 0 radical (unpaired) electrons. The minimum Gasteiger partial charge on any atom is -0.497 e. The number of hydrogen-bond acceptors (Lipinski definition) is 2. The van der Waals surface area contributed by atoms with E-state index in [9.17, 15) is 4.79 Å². The first-order valence-corrected chi connectivity index (χ1v) is 7.31. The number of nitrogens with one attached hydrogen (secondary N) is 1. The monoisotopic (exact) mass is 277 g/mol. The molecule has 1 heterocycles. The first-order chi connectivity index (χ1) is 9.60. The second kappa shape index (κ2) is 6.75. The number of methoxy groups -OCH3 is 1. The van der Waals surface area contributed by atoms with Crippen LogP contribution in [0.3, 0.4) is 0 Å². The van der Waals surface area contributed by atoms with Crippen molar-refractivity contribution in [3.05, 3.63) is 29.8 Å². The molecule has 20 heavy (non-hydrogen) atoms. The number of benzene rings is 1. The van der Waals surface area contributed by atoms with E-state index in [4.69, 9.17) is 4.74 Å². The van der Waals surface area contributed by atoms with Crippen molar-refractivity contribution in [2.45, 2.75) is 18.8 Å². The lowest BCUT2D eigenvalue weighted by atomic mass is 9.98. The predicted molar refractivity (Wildman–Crippen MR) is 79.2 cm³/mol. The van der Waals surface area contributed by atoms with E-state index in [-0.39, 0.29) is 0 Å². The number of rotatable bonds is 6. The Morgan fingerprint density at radius 1 is 1.30 bits per heavy atom. The van der Waals surface area contributed by atoms with E-state index in [0.717, 1.165) is 31.8 Å². The van der Waals surface area contributed by atoms with E-state index in [1.54, 1.807) is 7.11 Å². The molecular formula is C16H25N2O2+. The third kappa shape index (κ3) is 3.73. The van der Waals surface area contributed by atoms with Crippen LogP contribution in [0.1, 0.15) is 24.3 Å². The Labute approximate surface area is 121 Å². The molecule has 110 valence electrons. The van der Waals surface area contributed by atoms with Crippen molar-refractivity contribution in [1.82, 2.24) is 4.90 Å². The molecule has 1 fully saturated rings. The van der Waals surface area contributed by atoms with Crippen molar-refractivity contribution < 1.29 is 14.4 Å². The minimum absolute atomic E-state index is 0.291. The summed E-state index contributed by atoms with van der Waals surface area (Å²) in [5, 5.41) is 0. The lowest BCUT2D eigenvalue weighted by molar-refractivity contribution is -0.858. The fraction of sp³-hybridized carbons (Fsp3) is 0.562. The second-order valence-corrected chi connectivity index (χ2v) is 5.82. The van der Waals surface area contributed by atoms with E-state index in [2.05, 4.69) is 26.2 Å². The SMILES string of the molecule is COc1ccc([C@@H]2CC(=O)N(CCC[NH+](C)C)C2)cc1. The smallest absolute Gasteiger partial charge is 0.223 e. The molecule has 1 aromatic carbocycles. The zero-order valence-corrected chi connectivity index (χ0v) is 12.7. The van der Waals surface area contributed by atoms with Crippen LogP contribution in [0.15, 0.2) is 24.3 Å². The summed E-state index contributed by atoms with van der Waals surface area (Å²) in [6, 6.07) is 8.09. The van der Waals surface area contributed by atoms with Crippen LogP contribution in [0.2, 0.25) is 0 Å². The summed E-state index contributed by atoms with van der Waals surface area (Å²) < 4.78 is 5.17. The Morgan fingerprint density at radius 2 is 2.00 bits per heavy atom. The van der Waals surface area contributed by atoms with E-state index in [0.29, 0.717) is 18.2 Å². The summed E-state index contributed by atoms with van der Waals surface area (Å²) in [5.74, 6) is 1.49. The third-order valence-electron chi connectivity index (χ3n) is 3.91. The summed E-state index contributed by atoms with van der Waals surface area (Å²) in [4.78, 5) is 15.5. The number of amides is 1. The Bertz CT molecular complexity index is 442. The summed E-state index contributed by atoms with van der Waals surface area (Å²) in [7, 11) is 5.96. The normalized spacial score (nSPS) is 18.9. The molecule has 0 aromatic heterocycles. The highest BCUT2D eigenvalue weighted by Gasteiger charge is 2.30. The molecule has 1 N–H and O–H groups in total. The first-order valence-electron chi connectivity index (χ1n) is 7.31. The molecule has 1 aliphatic heterocycles. The molecule has 1 amide bonds. The number of carbonyl (C=O) groups is 1. The van der Waals surface area contributed by atoms with E-state index in [1.807, 2.05) is 17.0 Å². The van der Waals surface area contributed by atoms with Gasteiger partial charge < -0.3 is 14.5 Å². The number of quaternary nitrogens is 1. The van der Waals surface area contributed by atoms with Crippen molar-refractivity contribution in [3.63, 3.8) is 0 Å². The average molecular weight is 277 g/mol. The molecule has 2 rings (SSSR count). The van der Waals surface area contributed by atoms with E-state index >= 15 is 0 Å². The predicted octanol–water partition coefficient (Wildman–Crippen LogP) is 0.546. The van der Waals surface area contributed by atoms with Crippen LogP contribution in [0.5, 0.6) is 5.75 Å². The van der Waals surface area contributed by atoms with E-state index < -0.39 is 0 Å². The molecule has 1 aromatic rings. The molecule has 1 atom stereocenters. The largest absolute Gasteiger partial charge is 0.497 e. The van der Waals surface area contributed by atoms with Crippen LogP contribution in [0, 0.1) is 0 Å². The van der Waals surface area contributed by atoms with Gasteiger partial charge in [0.1, 0.15) is 5.75 Å². The minimum atomic E-state index is 0.291. The van der Waals surface area contributed by atoms with Crippen molar-refractivity contribution >= 4 is 5.91 Å². The number of likely N-dealkylation sites (tertiary alicyclic amines) is 1. The van der Waals surface area contributed by atoms with Gasteiger partial charge >= 0.3 is 0 Å². The van der Waals surface area contributed by atoms with Crippen LogP contribution < -0.4 is 9.64 Å². The van der Waals surface area contributed by atoms with Crippen molar-refractivity contribution in [1.29, 1.82) is 0 Å². The Morgan fingerprint density at radius 3 is 2.60 bits per heavy atom. The van der Waals surface area contributed by atoms with Crippen LogP contribution in [-0.2, 0) is 4.79 Å². The maximum absolute atomic E-state index is 12.1. The summed E-state index contributed by atoms with van der Waals surface area (Å²) in [6.45, 7) is 2.85. The number of hydrogen-bond donors (Lipinski definition) is 1. The van der Waals surface area contributed by atoms with Crippen LogP contribution in [0.25, 0.3) is 0 Å². The van der Waals surface area contributed by atoms with Gasteiger partial charge in [0.05, 0.1) is 27.7 Å². The van der Waals surface area contributed by atoms with Gasteiger partial charge in [-0.05, 0) is 17.7 Å². The van der Waals surface area contributed by atoms with Crippen LogP contribution >= 0.6 is 0 Å². The Kier molecular flexibility index (Phi) is 5.01. The van der Waals surface area contributed by atoms with E-state index in [1.165, 1.54) is 10.5 Å². The molecule has 1 aliphatic rings. The van der Waals surface area contributed by atoms with Gasteiger partial charge in [0.25, 0.3) is 0 Å². The highest BCUT2D eigenvalue weighted by Crippen LogP contribution is 2.29. The fourth-order valence-electron chi connectivity index (χ4n) is 2.71. The second-order valence-electron chi connectivity index (χ2n) is 5.82. The molecule has 0 aliphatic carbocycles. The molecule has 0 spiro atoms. The molecule has 4 heteroatoms. The molecule has 0 bridgehead atoms. The van der Waals surface area contributed by atoms with Crippen molar-refractivity contribution in [3.8, 4) is 5.75 Å². The Balaban J connectivity index is 1.90. The number of carbonyl (C=O) groups excluding carboxylic acids is 1. The third-order valence-corrected chi connectivity index (χ3v) is 3.91. The molecule has 4 nitrogen and oxygen atoms in total. The van der Waals surface area contributed by atoms with Crippen molar-refractivity contribution in [2.75, 3.05) is 40.8 Å².